The number of H-pyrrole nitrogens is 1. The fourth-order valence-electron chi connectivity index (χ4n) is 2.52. The predicted octanol–water partition coefficient (Wildman–Crippen LogP) is 4.53. The second kappa shape index (κ2) is 8.14. The molecule has 0 saturated carbocycles. The maximum atomic E-state index is 10.2. The lowest BCUT2D eigenvalue weighted by Gasteiger charge is -2.27. The third-order valence-corrected chi connectivity index (χ3v) is 6.57. The topological polar surface area (TPSA) is 99.1 Å². The summed E-state index contributed by atoms with van der Waals surface area (Å²) >= 11 is 0. The first-order valence-corrected chi connectivity index (χ1v) is 10.9. The van der Waals surface area contributed by atoms with Gasteiger partial charge in [0.25, 0.3) is 0 Å². The number of aromatic amines is 1. The summed E-state index contributed by atoms with van der Waals surface area (Å²) in [5.41, 5.74) is 2.28. The summed E-state index contributed by atoms with van der Waals surface area (Å²) in [6, 6.07) is 19.5. The monoisotopic (exact) mass is 395 g/mol. The third-order valence-electron chi connectivity index (χ3n) is 4.13. The molecule has 2 aromatic heterocycles. The van der Waals surface area contributed by atoms with Gasteiger partial charge >= 0.3 is 5.97 Å². The molecule has 6 nitrogen and oxygen atoms in total. The first-order chi connectivity index (χ1) is 13.4. The standard InChI is InChI=1S/C14H15N3S.C7H6O3/c1-18(2,13-9-5-6-10-15-13)14-16-11-7-3-4-8-12(11)17-14;8-6-3-1-5(2-4-6)7(9)10/h3-10H,1-2H3,(H,16,17);1-4,8H,(H,9,10). The van der Waals surface area contributed by atoms with Gasteiger partial charge in [0.1, 0.15) is 5.75 Å². The number of carboxylic acid groups (broad SMARTS) is 1. The number of aromatic carboxylic acids is 1. The Morgan fingerprint density at radius 1 is 0.964 bits per heavy atom. The Hall–Kier alpha value is -3.32. The van der Waals surface area contributed by atoms with E-state index in [1.54, 1.807) is 0 Å². The van der Waals surface area contributed by atoms with Crippen LogP contribution in [0.5, 0.6) is 5.75 Å². The molecule has 7 heteroatoms. The van der Waals surface area contributed by atoms with Gasteiger partial charge in [0, 0.05) is 6.20 Å². The van der Waals surface area contributed by atoms with Gasteiger partial charge < -0.3 is 15.2 Å². The Morgan fingerprint density at radius 2 is 1.64 bits per heavy atom. The number of carbonyl (C=O) groups is 1. The maximum absolute atomic E-state index is 10.2. The van der Waals surface area contributed by atoms with Gasteiger partial charge in [-0.25, -0.2) is 9.78 Å². The number of carboxylic acids is 1. The minimum Gasteiger partial charge on any atom is -0.508 e. The molecule has 4 aromatic rings. The fraction of sp³-hybridized carbons (Fsp3) is 0.0952. The first kappa shape index (κ1) is 19.4. The normalized spacial score (nSPS) is 11.5. The molecule has 28 heavy (non-hydrogen) atoms. The summed E-state index contributed by atoms with van der Waals surface area (Å²) in [5, 5.41) is 19.3. The summed E-state index contributed by atoms with van der Waals surface area (Å²) in [6.07, 6.45) is 6.27. The summed E-state index contributed by atoms with van der Waals surface area (Å²) in [6.45, 7) is 0. The Kier molecular flexibility index (Phi) is 5.65. The van der Waals surface area contributed by atoms with Crippen LogP contribution in [0, 0.1) is 0 Å². The molecule has 0 aliphatic carbocycles. The van der Waals surface area contributed by atoms with E-state index in [9.17, 15) is 4.79 Å². The van der Waals surface area contributed by atoms with Crippen molar-refractivity contribution in [3.63, 3.8) is 0 Å². The van der Waals surface area contributed by atoms with Gasteiger partial charge in [-0.05, 0) is 61.0 Å². The van der Waals surface area contributed by atoms with E-state index < -0.39 is 16.0 Å². The largest absolute Gasteiger partial charge is 0.508 e. The van der Waals surface area contributed by atoms with E-state index in [4.69, 9.17) is 15.2 Å². The van der Waals surface area contributed by atoms with E-state index in [0.717, 1.165) is 21.2 Å². The minimum absolute atomic E-state index is 0.0741. The molecule has 0 amide bonds. The number of benzene rings is 2. The second-order valence-corrected chi connectivity index (χ2v) is 9.86. The lowest BCUT2D eigenvalue weighted by atomic mass is 10.2. The number of para-hydroxylation sites is 2. The highest BCUT2D eigenvalue weighted by Gasteiger charge is 2.22. The Balaban J connectivity index is 0.000000192. The highest BCUT2D eigenvalue weighted by Crippen LogP contribution is 2.54. The van der Waals surface area contributed by atoms with Crippen LogP contribution in [0.2, 0.25) is 0 Å². The number of hydrogen-bond acceptors (Lipinski definition) is 4. The van der Waals surface area contributed by atoms with Gasteiger partial charge in [0.05, 0.1) is 21.6 Å². The molecule has 0 bridgehead atoms. The summed E-state index contributed by atoms with van der Waals surface area (Å²) in [7, 11) is -1.18. The average molecular weight is 395 g/mol. The molecule has 2 aromatic carbocycles. The molecule has 0 fully saturated rings. The van der Waals surface area contributed by atoms with Crippen LogP contribution >= 0.6 is 10.0 Å². The predicted molar refractivity (Wildman–Crippen MR) is 111 cm³/mol. The molecule has 0 unspecified atom stereocenters. The van der Waals surface area contributed by atoms with Crippen molar-refractivity contribution < 1.29 is 15.0 Å². The number of phenols is 1. The average Bonchev–Trinajstić information content (AvgIpc) is 3.15. The van der Waals surface area contributed by atoms with Gasteiger partial charge in [-0.15, -0.1) is 10.0 Å². The van der Waals surface area contributed by atoms with Crippen LogP contribution in [0.4, 0.5) is 0 Å². The molecule has 4 rings (SSSR count). The van der Waals surface area contributed by atoms with Gasteiger partial charge in [0.15, 0.2) is 5.16 Å². The van der Waals surface area contributed by atoms with Crippen LogP contribution in [0.1, 0.15) is 10.4 Å². The van der Waals surface area contributed by atoms with E-state index in [-0.39, 0.29) is 11.3 Å². The van der Waals surface area contributed by atoms with Crippen molar-refractivity contribution in [1.29, 1.82) is 0 Å². The Bertz CT molecular complexity index is 1040. The number of fused-ring (bicyclic) bond motifs is 1. The molecule has 2 heterocycles. The lowest BCUT2D eigenvalue weighted by molar-refractivity contribution is 0.0697. The molecule has 0 saturated heterocycles. The molecule has 0 radical (unpaired) electrons. The van der Waals surface area contributed by atoms with E-state index in [1.165, 1.54) is 24.3 Å². The Morgan fingerprint density at radius 3 is 2.25 bits per heavy atom. The van der Waals surface area contributed by atoms with Gasteiger partial charge in [-0.2, -0.15) is 0 Å². The van der Waals surface area contributed by atoms with Crippen molar-refractivity contribution in [1.82, 2.24) is 15.0 Å². The molecule has 0 aliphatic rings. The molecular formula is C21H21N3O3S. The number of aromatic nitrogens is 3. The number of phenolic OH excluding ortho intramolecular Hbond substituents is 1. The molecule has 0 spiro atoms. The van der Waals surface area contributed by atoms with Crippen molar-refractivity contribution in [2.45, 2.75) is 10.2 Å². The van der Waals surface area contributed by atoms with Gasteiger partial charge in [-0.1, -0.05) is 18.2 Å². The smallest absolute Gasteiger partial charge is 0.335 e. The second-order valence-electron chi connectivity index (χ2n) is 6.41. The van der Waals surface area contributed by atoms with Crippen molar-refractivity contribution in [3.8, 4) is 5.75 Å². The van der Waals surface area contributed by atoms with E-state index >= 15 is 0 Å². The zero-order valence-corrected chi connectivity index (χ0v) is 16.4. The van der Waals surface area contributed by atoms with Crippen molar-refractivity contribution in [2.24, 2.45) is 0 Å². The van der Waals surface area contributed by atoms with E-state index in [2.05, 4.69) is 34.6 Å². The molecule has 144 valence electrons. The van der Waals surface area contributed by atoms with Crippen LogP contribution in [0.25, 0.3) is 11.0 Å². The third kappa shape index (κ3) is 4.32. The molecule has 3 N–H and O–H groups in total. The summed E-state index contributed by atoms with van der Waals surface area (Å²) < 4.78 is 0. The molecular weight excluding hydrogens is 374 g/mol. The Labute approximate surface area is 164 Å². The number of pyridine rings is 1. The number of imidazole rings is 1. The van der Waals surface area contributed by atoms with Gasteiger partial charge in [0.2, 0.25) is 0 Å². The van der Waals surface area contributed by atoms with Crippen molar-refractivity contribution >= 4 is 27.0 Å². The van der Waals surface area contributed by atoms with Crippen LogP contribution in [0.15, 0.2) is 83.1 Å². The highest BCUT2D eigenvalue weighted by molar-refractivity contribution is 8.32. The van der Waals surface area contributed by atoms with Crippen LogP contribution in [-0.2, 0) is 0 Å². The fourth-order valence-corrected chi connectivity index (χ4v) is 4.16. The molecule has 0 atom stereocenters. The van der Waals surface area contributed by atoms with Crippen molar-refractivity contribution in [3.05, 3.63) is 78.5 Å². The quantitative estimate of drug-likeness (QED) is 0.473. The number of rotatable bonds is 3. The number of nitrogens with zero attached hydrogens (tertiary/aromatic N) is 2. The lowest BCUT2D eigenvalue weighted by Crippen LogP contribution is -2.01. The van der Waals surface area contributed by atoms with E-state index in [1.807, 2.05) is 36.5 Å². The minimum atomic E-state index is -1.18. The van der Waals surface area contributed by atoms with E-state index in [0.29, 0.717) is 0 Å². The summed E-state index contributed by atoms with van der Waals surface area (Å²) in [4.78, 5) is 22.8. The van der Waals surface area contributed by atoms with Gasteiger partial charge in [-0.3, -0.25) is 4.98 Å². The number of hydrogen-bond donors (Lipinski definition) is 3. The molecule has 0 aliphatic heterocycles. The first-order valence-electron chi connectivity index (χ1n) is 8.49. The van der Waals surface area contributed by atoms with Crippen LogP contribution in [-0.4, -0.2) is 43.6 Å². The number of nitrogens with one attached hydrogen (secondary N) is 1. The van der Waals surface area contributed by atoms with Crippen LogP contribution in [0.3, 0.4) is 0 Å². The SMILES string of the molecule is CS(C)(c1ccccn1)c1nc2ccccc2[nH]1.O=C(O)c1ccc(O)cc1. The van der Waals surface area contributed by atoms with Crippen LogP contribution < -0.4 is 0 Å². The maximum Gasteiger partial charge on any atom is 0.335 e. The summed E-state index contributed by atoms with van der Waals surface area (Å²) in [5.74, 6) is -0.912. The highest BCUT2D eigenvalue weighted by atomic mass is 32.3. The number of aromatic hydroxyl groups is 1. The zero-order chi connectivity index (χ0) is 20.1. The van der Waals surface area contributed by atoms with Crippen molar-refractivity contribution in [2.75, 3.05) is 12.5 Å². The zero-order valence-electron chi connectivity index (χ0n) is 15.5.